The zero-order valence-corrected chi connectivity index (χ0v) is 12.0. The van der Waals surface area contributed by atoms with Gasteiger partial charge in [0.2, 0.25) is 0 Å². The van der Waals surface area contributed by atoms with Gasteiger partial charge in [-0.3, -0.25) is 0 Å². The molecule has 0 saturated heterocycles. The largest absolute Gasteiger partial charge is 0.454 e. The molecule has 0 atom stereocenters. The first-order valence-electron chi connectivity index (χ1n) is 7.45. The molecule has 1 aromatic carbocycles. The molecule has 4 heteroatoms. The molecule has 3 aromatic rings. The summed E-state index contributed by atoms with van der Waals surface area (Å²) < 4.78 is 5.92. The van der Waals surface area contributed by atoms with Crippen molar-refractivity contribution in [3.8, 4) is 11.5 Å². The molecule has 21 heavy (non-hydrogen) atoms. The number of benzene rings is 1. The maximum atomic E-state index is 5.92. The van der Waals surface area contributed by atoms with Crippen LogP contribution in [0, 0.1) is 0 Å². The van der Waals surface area contributed by atoms with E-state index >= 15 is 0 Å². The summed E-state index contributed by atoms with van der Waals surface area (Å²) in [5, 5.41) is 4.38. The van der Waals surface area contributed by atoms with Crippen molar-refractivity contribution in [3.05, 3.63) is 42.2 Å². The number of nitrogens with zero attached hydrogens (tertiary/aromatic N) is 2. The topological polar surface area (TPSA) is 51.0 Å². The second kappa shape index (κ2) is 4.88. The molecule has 1 saturated carbocycles. The smallest absolute Gasteiger partial charge is 0.154 e. The number of furan rings is 1. The van der Waals surface area contributed by atoms with Gasteiger partial charge in [0.15, 0.2) is 5.76 Å². The van der Waals surface area contributed by atoms with Crippen LogP contribution in [0.15, 0.2) is 40.8 Å². The maximum Gasteiger partial charge on any atom is 0.154 e. The lowest BCUT2D eigenvalue weighted by molar-refractivity contribution is 0.627. The standard InChI is InChI=1S/C17H17N3O/c1-2-18-16-10-13(19-17(20-16)11-7-8-11)15-9-12-5-3-4-6-14(12)21-15/h3-6,9-11H,2,7-8H2,1H3,(H,18,19,20). The highest BCUT2D eigenvalue weighted by molar-refractivity contribution is 5.82. The van der Waals surface area contributed by atoms with E-state index in [0.29, 0.717) is 5.92 Å². The van der Waals surface area contributed by atoms with E-state index in [0.717, 1.165) is 40.6 Å². The molecule has 4 rings (SSSR count). The summed E-state index contributed by atoms with van der Waals surface area (Å²) in [5.41, 5.74) is 1.75. The fourth-order valence-corrected chi connectivity index (χ4v) is 2.50. The third-order valence-corrected chi connectivity index (χ3v) is 3.72. The lowest BCUT2D eigenvalue weighted by Crippen LogP contribution is -2.03. The average Bonchev–Trinajstić information content (AvgIpc) is 3.26. The van der Waals surface area contributed by atoms with Gasteiger partial charge in [0.05, 0.1) is 0 Å². The van der Waals surface area contributed by atoms with Crippen LogP contribution in [0.3, 0.4) is 0 Å². The Morgan fingerprint density at radius 2 is 2.05 bits per heavy atom. The molecule has 0 amide bonds. The lowest BCUT2D eigenvalue weighted by Gasteiger charge is -2.07. The Labute approximate surface area is 123 Å². The summed E-state index contributed by atoms with van der Waals surface area (Å²) in [5.74, 6) is 3.14. The third-order valence-electron chi connectivity index (χ3n) is 3.72. The van der Waals surface area contributed by atoms with Crippen LogP contribution in [0.1, 0.15) is 31.5 Å². The normalized spacial score (nSPS) is 14.5. The SMILES string of the molecule is CCNc1cc(-c2cc3ccccc3o2)nc(C2CC2)n1. The van der Waals surface area contributed by atoms with Crippen LogP contribution >= 0.6 is 0 Å². The Bertz CT molecular complexity index is 757. The molecule has 1 N–H and O–H groups in total. The summed E-state index contributed by atoms with van der Waals surface area (Å²) in [7, 11) is 0. The fourth-order valence-electron chi connectivity index (χ4n) is 2.50. The van der Waals surface area contributed by atoms with E-state index in [-0.39, 0.29) is 0 Å². The quantitative estimate of drug-likeness (QED) is 0.777. The number of rotatable bonds is 4. The van der Waals surface area contributed by atoms with E-state index in [4.69, 9.17) is 9.40 Å². The zero-order chi connectivity index (χ0) is 14.2. The van der Waals surface area contributed by atoms with Crippen molar-refractivity contribution in [3.63, 3.8) is 0 Å². The summed E-state index contributed by atoms with van der Waals surface area (Å²) >= 11 is 0. The van der Waals surface area contributed by atoms with Crippen molar-refractivity contribution in [1.82, 2.24) is 9.97 Å². The van der Waals surface area contributed by atoms with E-state index in [9.17, 15) is 0 Å². The summed E-state index contributed by atoms with van der Waals surface area (Å²) in [6.07, 6.45) is 2.38. The van der Waals surface area contributed by atoms with Crippen LogP contribution in [0.5, 0.6) is 0 Å². The number of hydrogen-bond acceptors (Lipinski definition) is 4. The van der Waals surface area contributed by atoms with Crippen molar-refractivity contribution in [2.75, 3.05) is 11.9 Å². The summed E-state index contributed by atoms with van der Waals surface area (Å²) in [6, 6.07) is 12.0. The highest BCUT2D eigenvalue weighted by atomic mass is 16.3. The zero-order valence-electron chi connectivity index (χ0n) is 12.0. The van der Waals surface area contributed by atoms with Gasteiger partial charge in [-0.2, -0.15) is 0 Å². The molecular weight excluding hydrogens is 262 g/mol. The van der Waals surface area contributed by atoms with Crippen LogP contribution in [0.4, 0.5) is 5.82 Å². The number of hydrogen-bond donors (Lipinski definition) is 1. The first-order valence-corrected chi connectivity index (χ1v) is 7.45. The van der Waals surface area contributed by atoms with Gasteiger partial charge in [-0.15, -0.1) is 0 Å². The van der Waals surface area contributed by atoms with E-state index in [2.05, 4.69) is 23.3 Å². The van der Waals surface area contributed by atoms with Crippen molar-refractivity contribution >= 4 is 16.8 Å². The second-order valence-corrected chi connectivity index (χ2v) is 5.45. The predicted molar refractivity (Wildman–Crippen MR) is 83.4 cm³/mol. The summed E-state index contributed by atoms with van der Waals surface area (Å²) in [4.78, 5) is 9.30. The molecule has 0 bridgehead atoms. The van der Waals surface area contributed by atoms with Crippen molar-refractivity contribution in [2.24, 2.45) is 0 Å². The minimum atomic E-state index is 0.520. The Kier molecular flexibility index (Phi) is 2.88. The van der Waals surface area contributed by atoms with Crippen LogP contribution in [-0.2, 0) is 0 Å². The van der Waals surface area contributed by atoms with E-state index in [1.54, 1.807) is 0 Å². The number of anilines is 1. The minimum absolute atomic E-state index is 0.520. The van der Waals surface area contributed by atoms with Gasteiger partial charge < -0.3 is 9.73 Å². The van der Waals surface area contributed by atoms with Gasteiger partial charge in [-0.25, -0.2) is 9.97 Å². The minimum Gasteiger partial charge on any atom is -0.454 e. The first kappa shape index (κ1) is 12.4. The van der Waals surface area contributed by atoms with Gasteiger partial charge in [0.1, 0.15) is 22.9 Å². The molecule has 4 nitrogen and oxygen atoms in total. The molecule has 0 radical (unpaired) electrons. The number of aromatic nitrogens is 2. The fraction of sp³-hybridized carbons (Fsp3) is 0.294. The highest BCUT2D eigenvalue weighted by Crippen LogP contribution is 2.39. The van der Waals surface area contributed by atoms with Gasteiger partial charge >= 0.3 is 0 Å². The second-order valence-electron chi connectivity index (χ2n) is 5.45. The Morgan fingerprint density at radius 1 is 1.19 bits per heavy atom. The van der Waals surface area contributed by atoms with Gasteiger partial charge in [-0.05, 0) is 31.9 Å². The molecule has 2 aromatic heterocycles. The molecule has 106 valence electrons. The Morgan fingerprint density at radius 3 is 2.81 bits per heavy atom. The molecule has 0 spiro atoms. The number of fused-ring (bicyclic) bond motifs is 1. The molecule has 0 unspecified atom stereocenters. The molecule has 1 aliphatic carbocycles. The monoisotopic (exact) mass is 279 g/mol. The van der Waals surface area contributed by atoms with E-state index in [1.165, 1.54) is 12.8 Å². The molecule has 1 fully saturated rings. The first-order chi connectivity index (χ1) is 10.3. The maximum absolute atomic E-state index is 5.92. The van der Waals surface area contributed by atoms with Crippen LogP contribution in [0.2, 0.25) is 0 Å². The molecule has 2 heterocycles. The van der Waals surface area contributed by atoms with E-state index in [1.807, 2.05) is 30.3 Å². The third kappa shape index (κ3) is 2.37. The van der Waals surface area contributed by atoms with Crippen molar-refractivity contribution in [2.45, 2.75) is 25.7 Å². The predicted octanol–water partition coefficient (Wildman–Crippen LogP) is 4.20. The summed E-state index contributed by atoms with van der Waals surface area (Å²) in [6.45, 7) is 2.92. The average molecular weight is 279 g/mol. The Hall–Kier alpha value is -2.36. The molecule has 1 aliphatic rings. The lowest BCUT2D eigenvalue weighted by atomic mass is 10.2. The van der Waals surface area contributed by atoms with Crippen molar-refractivity contribution in [1.29, 1.82) is 0 Å². The number of para-hydroxylation sites is 1. The number of nitrogens with one attached hydrogen (secondary N) is 1. The van der Waals surface area contributed by atoms with Crippen LogP contribution in [0.25, 0.3) is 22.4 Å². The van der Waals surface area contributed by atoms with Crippen LogP contribution in [-0.4, -0.2) is 16.5 Å². The van der Waals surface area contributed by atoms with Gasteiger partial charge in [0.25, 0.3) is 0 Å². The molecular formula is C17H17N3O. The Balaban J connectivity index is 1.81. The van der Waals surface area contributed by atoms with E-state index < -0.39 is 0 Å². The van der Waals surface area contributed by atoms with Gasteiger partial charge in [-0.1, -0.05) is 18.2 Å². The molecule has 0 aliphatic heterocycles. The van der Waals surface area contributed by atoms with Crippen LogP contribution < -0.4 is 5.32 Å². The van der Waals surface area contributed by atoms with Gasteiger partial charge in [0, 0.05) is 23.9 Å². The van der Waals surface area contributed by atoms with Crippen molar-refractivity contribution < 1.29 is 4.42 Å². The highest BCUT2D eigenvalue weighted by Gasteiger charge is 2.27.